The zero-order chi connectivity index (χ0) is 11.3. The Morgan fingerprint density at radius 3 is 2.53 bits per heavy atom. The number of amides is 1. The van der Waals surface area contributed by atoms with E-state index >= 15 is 0 Å². The summed E-state index contributed by atoms with van der Waals surface area (Å²) in [5.41, 5.74) is 0.719. The second-order valence-electron chi connectivity index (χ2n) is 3.27. The van der Waals surface area contributed by atoms with Gasteiger partial charge >= 0.3 is 0 Å². The Balaban J connectivity index is 2.63. The lowest BCUT2D eigenvalue weighted by atomic mass is 10.2. The quantitative estimate of drug-likeness (QED) is 0.817. The van der Waals surface area contributed by atoms with Crippen molar-refractivity contribution in [2.24, 2.45) is 0 Å². The molecule has 0 heterocycles. The number of thioether (sulfide) groups is 1. The van der Waals surface area contributed by atoms with Crippen molar-refractivity contribution in [2.75, 3.05) is 25.6 Å². The van der Waals surface area contributed by atoms with Gasteiger partial charge in [0.25, 0.3) is 5.91 Å². The molecular weight excluding hydrogens is 226 g/mol. The van der Waals surface area contributed by atoms with Crippen molar-refractivity contribution in [3.05, 3.63) is 29.8 Å². The fraction of sp³-hybridized carbons (Fsp3) is 0.364. The van der Waals surface area contributed by atoms with E-state index in [1.54, 1.807) is 28.8 Å². The molecule has 1 aromatic rings. The molecule has 1 amide bonds. The summed E-state index contributed by atoms with van der Waals surface area (Å²) in [6.45, 7) is 0.780. The van der Waals surface area contributed by atoms with E-state index in [0.717, 1.165) is 22.8 Å². The van der Waals surface area contributed by atoms with Crippen LogP contribution >= 0.6 is 24.4 Å². The minimum Gasteiger partial charge on any atom is -0.341 e. The van der Waals surface area contributed by atoms with E-state index in [0.29, 0.717) is 0 Å². The lowest BCUT2D eigenvalue weighted by Crippen LogP contribution is -2.28. The van der Waals surface area contributed by atoms with Gasteiger partial charge in [-0.25, -0.2) is 0 Å². The minimum atomic E-state index is 0.0670. The molecule has 0 unspecified atom stereocenters. The molecule has 0 bridgehead atoms. The number of carbonyl (C=O) groups excluding carboxylic acids is 1. The van der Waals surface area contributed by atoms with E-state index in [9.17, 15) is 4.79 Å². The Morgan fingerprint density at radius 1 is 1.40 bits per heavy atom. The third kappa shape index (κ3) is 3.80. The van der Waals surface area contributed by atoms with Gasteiger partial charge in [-0.3, -0.25) is 4.79 Å². The van der Waals surface area contributed by atoms with Crippen LogP contribution in [0.25, 0.3) is 0 Å². The summed E-state index contributed by atoms with van der Waals surface area (Å²) in [5, 5.41) is 0. The highest BCUT2D eigenvalue weighted by molar-refractivity contribution is 7.98. The summed E-state index contributed by atoms with van der Waals surface area (Å²) < 4.78 is 0. The van der Waals surface area contributed by atoms with Crippen LogP contribution in [0.2, 0.25) is 0 Å². The lowest BCUT2D eigenvalue weighted by molar-refractivity contribution is 0.0803. The predicted octanol–water partition coefficient (Wildman–Crippen LogP) is 2.41. The van der Waals surface area contributed by atoms with Crippen LogP contribution in [0, 0.1) is 0 Å². The van der Waals surface area contributed by atoms with Gasteiger partial charge in [0.1, 0.15) is 0 Å². The summed E-state index contributed by atoms with van der Waals surface area (Å²) in [5.74, 6) is 1.03. The number of benzene rings is 1. The average molecular weight is 241 g/mol. The first-order chi connectivity index (χ1) is 7.15. The number of rotatable bonds is 4. The van der Waals surface area contributed by atoms with Gasteiger partial charge in [-0.15, -0.1) is 12.6 Å². The third-order valence-electron chi connectivity index (χ3n) is 2.09. The van der Waals surface area contributed by atoms with Gasteiger partial charge in [-0.1, -0.05) is 0 Å². The van der Waals surface area contributed by atoms with Crippen molar-refractivity contribution in [1.82, 2.24) is 4.90 Å². The largest absolute Gasteiger partial charge is 0.341 e. The molecule has 1 rings (SSSR count). The SMILES string of the molecule is CSCCN(C)C(=O)c1ccc(S)cc1. The molecule has 0 aliphatic heterocycles. The molecule has 82 valence electrons. The van der Waals surface area contributed by atoms with Crippen LogP contribution in [0.4, 0.5) is 0 Å². The van der Waals surface area contributed by atoms with Crippen molar-refractivity contribution in [1.29, 1.82) is 0 Å². The number of thiol groups is 1. The molecular formula is C11H15NOS2. The van der Waals surface area contributed by atoms with Gasteiger partial charge in [0.05, 0.1) is 0 Å². The standard InChI is InChI=1S/C11H15NOS2/c1-12(7-8-15-2)11(13)9-3-5-10(14)6-4-9/h3-6,14H,7-8H2,1-2H3. The van der Waals surface area contributed by atoms with E-state index in [4.69, 9.17) is 0 Å². The van der Waals surface area contributed by atoms with Gasteiger partial charge in [-0.05, 0) is 30.5 Å². The number of hydrogen-bond acceptors (Lipinski definition) is 3. The molecule has 0 atom stereocenters. The Morgan fingerprint density at radius 2 is 2.00 bits per heavy atom. The first-order valence-corrected chi connectivity index (χ1v) is 6.52. The maximum absolute atomic E-state index is 11.9. The first-order valence-electron chi connectivity index (χ1n) is 4.68. The number of carbonyl (C=O) groups is 1. The van der Waals surface area contributed by atoms with Crippen LogP contribution in [-0.2, 0) is 0 Å². The second kappa shape index (κ2) is 6.08. The van der Waals surface area contributed by atoms with Crippen molar-refractivity contribution >= 4 is 30.3 Å². The molecule has 0 fully saturated rings. The fourth-order valence-electron chi connectivity index (χ4n) is 1.15. The molecule has 0 aliphatic carbocycles. The predicted molar refractivity (Wildman–Crippen MR) is 69.0 cm³/mol. The molecule has 1 aromatic carbocycles. The molecule has 0 spiro atoms. The lowest BCUT2D eigenvalue weighted by Gasteiger charge is -2.16. The molecule has 0 aromatic heterocycles. The van der Waals surface area contributed by atoms with Crippen LogP contribution in [0.1, 0.15) is 10.4 Å². The highest BCUT2D eigenvalue weighted by Crippen LogP contribution is 2.09. The molecule has 2 nitrogen and oxygen atoms in total. The monoisotopic (exact) mass is 241 g/mol. The molecule has 0 saturated heterocycles. The molecule has 0 saturated carbocycles. The minimum absolute atomic E-state index is 0.0670. The Labute approximate surface area is 100 Å². The molecule has 0 radical (unpaired) electrons. The summed E-state index contributed by atoms with van der Waals surface area (Å²) in [4.78, 5) is 14.5. The van der Waals surface area contributed by atoms with Gasteiger partial charge in [0.2, 0.25) is 0 Å². The summed E-state index contributed by atoms with van der Waals surface area (Å²) in [6, 6.07) is 7.28. The van der Waals surface area contributed by atoms with Crippen molar-refractivity contribution < 1.29 is 4.79 Å². The zero-order valence-electron chi connectivity index (χ0n) is 8.93. The van der Waals surface area contributed by atoms with Gasteiger partial charge in [0.15, 0.2) is 0 Å². The Kier molecular flexibility index (Phi) is 5.05. The maximum Gasteiger partial charge on any atom is 0.253 e. The van der Waals surface area contributed by atoms with Gasteiger partial charge < -0.3 is 4.90 Å². The van der Waals surface area contributed by atoms with Crippen LogP contribution < -0.4 is 0 Å². The summed E-state index contributed by atoms with van der Waals surface area (Å²) in [7, 11) is 1.83. The van der Waals surface area contributed by atoms with Crippen LogP contribution in [0.3, 0.4) is 0 Å². The smallest absolute Gasteiger partial charge is 0.253 e. The summed E-state index contributed by atoms with van der Waals surface area (Å²) in [6.07, 6.45) is 2.04. The van der Waals surface area contributed by atoms with Crippen LogP contribution in [0.15, 0.2) is 29.2 Å². The number of hydrogen-bond donors (Lipinski definition) is 1. The normalized spacial score (nSPS) is 10.1. The highest BCUT2D eigenvalue weighted by Gasteiger charge is 2.10. The average Bonchev–Trinajstić information content (AvgIpc) is 2.26. The van der Waals surface area contributed by atoms with Crippen molar-refractivity contribution in [3.63, 3.8) is 0 Å². The zero-order valence-corrected chi connectivity index (χ0v) is 10.6. The fourth-order valence-corrected chi connectivity index (χ4v) is 1.76. The van der Waals surface area contributed by atoms with E-state index in [1.807, 2.05) is 25.4 Å². The third-order valence-corrected chi connectivity index (χ3v) is 2.98. The highest BCUT2D eigenvalue weighted by atomic mass is 32.2. The Bertz CT molecular complexity index is 324. The Hall–Kier alpha value is -0.610. The van der Waals surface area contributed by atoms with E-state index in [1.165, 1.54) is 0 Å². The molecule has 15 heavy (non-hydrogen) atoms. The molecule has 4 heteroatoms. The van der Waals surface area contributed by atoms with Crippen LogP contribution in [-0.4, -0.2) is 36.4 Å². The van der Waals surface area contributed by atoms with Gasteiger partial charge in [0, 0.05) is 29.8 Å². The van der Waals surface area contributed by atoms with E-state index < -0.39 is 0 Å². The topological polar surface area (TPSA) is 20.3 Å². The van der Waals surface area contributed by atoms with Crippen molar-refractivity contribution in [3.8, 4) is 0 Å². The number of nitrogens with zero attached hydrogens (tertiary/aromatic N) is 1. The second-order valence-corrected chi connectivity index (χ2v) is 4.77. The molecule has 0 aliphatic rings. The van der Waals surface area contributed by atoms with E-state index in [-0.39, 0.29) is 5.91 Å². The maximum atomic E-state index is 11.9. The van der Waals surface area contributed by atoms with Crippen LogP contribution in [0.5, 0.6) is 0 Å². The molecule has 0 N–H and O–H groups in total. The van der Waals surface area contributed by atoms with Crippen molar-refractivity contribution in [2.45, 2.75) is 4.90 Å². The van der Waals surface area contributed by atoms with Gasteiger partial charge in [-0.2, -0.15) is 11.8 Å². The summed E-state index contributed by atoms with van der Waals surface area (Å²) >= 11 is 5.92. The van der Waals surface area contributed by atoms with E-state index in [2.05, 4.69) is 12.6 Å². The first kappa shape index (κ1) is 12.5.